The second-order valence-electron chi connectivity index (χ2n) is 13.6. The summed E-state index contributed by atoms with van der Waals surface area (Å²) in [7, 11) is -3.79. The Morgan fingerprint density at radius 1 is 0.644 bits per heavy atom. The van der Waals surface area contributed by atoms with Crippen LogP contribution in [0.2, 0.25) is 0 Å². The van der Waals surface area contributed by atoms with Crippen LogP contribution in [0.1, 0.15) is 29.5 Å². The largest absolute Gasteiger partial charge is 0.459 e. The number of benzene rings is 4. The molecule has 0 aliphatic carbocycles. The van der Waals surface area contributed by atoms with Crippen LogP contribution in [0.5, 0.6) is 0 Å². The standard InChI is InChI=1S/C42H44N6O10S/c49-37-35(22-13-23-43-39(44-40(51)57-29-32-16-7-2-8-17-32)45-41(52)58-30-33-18-9-3-10-19-33)36(38(50)56-28-31-14-5-1-6-15-31)48(37)42(53)46-24-26-47(27-25-46)59(54,55)34-20-11-4-12-21-34/h1-12,14-21,35-36H,13,22-30H2,(H2,43,44,45,51,52). The van der Waals surface area contributed by atoms with Gasteiger partial charge in [0, 0.05) is 32.7 Å². The molecule has 2 unspecified atom stereocenters. The second kappa shape index (κ2) is 20.2. The lowest BCUT2D eigenvalue weighted by molar-refractivity contribution is -0.171. The normalized spacial score (nSPS) is 16.6. The minimum Gasteiger partial charge on any atom is -0.459 e. The van der Waals surface area contributed by atoms with E-state index in [0.717, 1.165) is 16.0 Å². The van der Waals surface area contributed by atoms with Crippen molar-refractivity contribution in [3.8, 4) is 0 Å². The maximum atomic E-state index is 13.8. The number of β-lactam (4-membered cyclic amide) rings is 1. The smallest absolute Gasteiger partial charge is 0.414 e. The van der Waals surface area contributed by atoms with E-state index in [9.17, 15) is 32.4 Å². The molecule has 4 aromatic carbocycles. The zero-order valence-electron chi connectivity index (χ0n) is 32.1. The number of ether oxygens (including phenoxy) is 3. The summed E-state index contributed by atoms with van der Waals surface area (Å²) in [6, 6.07) is 32.9. The van der Waals surface area contributed by atoms with E-state index in [0.29, 0.717) is 5.56 Å². The molecule has 4 aromatic rings. The number of urea groups is 1. The van der Waals surface area contributed by atoms with Crippen LogP contribution < -0.4 is 10.6 Å². The number of sulfonamides is 1. The SMILES string of the molecule is O=C(NC(=NCCCC1C(=O)N(C(=O)N2CCN(S(=O)(=O)c3ccccc3)CC2)C1C(=O)OCc1ccccc1)NC(=O)OCc1ccccc1)OCc1ccccc1. The average Bonchev–Trinajstić information content (AvgIpc) is 3.27. The Morgan fingerprint density at radius 3 is 1.59 bits per heavy atom. The van der Waals surface area contributed by atoms with Gasteiger partial charge in [0.1, 0.15) is 19.8 Å². The van der Waals surface area contributed by atoms with Gasteiger partial charge in [0.05, 0.1) is 10.8 Å². The lowest BCUT2D eigenvalue weighted by atomic mass is 9.83. The van der Waals surface area contributed by atoms with Crippen molar-refractivity contribution >= 4 is 46.1 Å². The fourth-order valence-corrected chi connectivity index (χ4v) is 7.91. The highest BCUT2D eigenvalue weighted by molar-refractivity contribution is 7.89. The number of imide groups is 1. The summed E-state index contributed by atoms with van der Waals surface area (Å²) in [6.45, 7) is -0.174. The number of aliphatic imine (C=N–C) groups is 1. The van der Waals surface area contributed by atoms with Crippen molar-refractivity contribution in [2.24, 2.45) is 10.9 Å². The third-order valence-electron chi connectivity index (χ3n) is 9.59. The van der Waals surface area contributed by atoms with Crippen LogP contribution in [-0.2, 0) is 53.6 Å². The van der Waals surface area contributed by atoms with Gasteiger partial charge in [-0.05, 0) is 41.7 Å². The van der Waals surface area contributed by atoms with Crippen LogP contribution in [0.25, 0.3) is 0 Å². The first-order chi connectivity index (χ1) is 28.6. The van der Waals surface area contributed by atoms with Gasteiger partial charge in [-0.25, -0.2) is 32.5 Å². The van der Waals surface area contributed by atoms with Gasteiger partial charge in [0.2, 0.25) is 21.9 Å². The Balaban J connectivity index is 1.09. The molecule has 6 rings (SSSR count). The molecule has 2 N–H and O–H groups in total. The summed E-state index contributed by atoms with van der Waals surface area (Å²) in [6.07, 6.45) is -1.48. The van der Waals surface area contributed by atoms with E-state index in [1.165, 1.54) is 21.3 Å². The number of hydrogen-bond donors (Lipinski definition) is 2. The Hall–Kier alpha value is -6.59. The molecule has 2 aliphatic rings. The van der Waals surface area contributed by atoms with Gasteiger partial charge in [-0.1, -0.05) is 109 Å². The molecule has 2 fully saturated rings. The van der Waals surface area contributed by atoms with Crippen molar-refractivity contribution in [1.82, 2.24) is 24.7 Å². The Morgan fingerprint density at radius 2 is 1.10 bits per heavy atom. The van der Waals surface area contributed by atoms with E-state index < -0.39 is 52.1 Å². The fraction of sp³-hybridized carbons (Fsp3) is 0.286. The van der Waals surface area contributed by atoms with Crippen LogP contribution in [0.3, 0.4) is 0 Å². The summed E-state index contributed by atoms with van der Waals surface area (Å²) in [5.74, 6) is -2.56. The van der Waals surface area contributed by atoms with E-state index in [-0.39, 0.29) is 76.2 Å². The summed E-state index contributed by atoms with van der Waals surface area (Å²) < 4.78 is 43.8. The molecular formula is C42H44N6O10S. The van der Waals surface area contributed by atoms with E-state index in [1.54, 1.807) is 91.0 Å². The highest BCUT2D eigenvalue weighted by atomic mass is 32.2. The number of nitrogens with one attached hydrogen (secondary N) is 2. The molecule has 16 nitrogen and oxygen atoms in total. The molecule has 0 aromatic heterocycles. The van der Waals surface area contributed by atoms with Gasteiger partial charge in [0.15, 0.2) is 6.04 Å². The van der Waals surface area contributed by atoms with Crippen LogP contribution in [0, 0.1) is 5.92 Å². The highest BCUT2D eigenvalue weighted by Gasteiger charge is 2.56. The van der Waals surface area contributed by atoms with Crippen LogP contribution in [0.15, 0.2) is 131 Å². The maximum absolute atomic E-state index is 13.8. The van der Waals surface area contributed by atoms with Gasteiger partial charge >= 0.3 is 24.2 Å². The Labute approximate surface area is 341 Å². The first-order valence-electron chi connectivity index (χ1n) is 19.0. The minimum atomic E-state index is -3.79. The van der Waals surface area contributed by atoms with E-state index >= 15 is 0 Å². The van der Waals surface area contributed by atoms with Crippen molar-refractivity contribution in [1.29, 1.82) is 0 Å². The number of nitrogens with zero attached hydrogens (tertiary/aromatic N) is 4. The van der Waals surface area contributed by atoms with Crippen molar-refractivity contribution in [3.05, 3.63) is 138 Å². The van der Waals surface area contributed by atoms with Crippen molar-refractivity contribution < 1.29 is 46.6 Å². The zero-order valence-corrected chi connectivity index (χ0v) is 32.9. The third kappa shape index (κ3) is 11.3. The second-order valence-corrected chi connectivity index (χ2v) is 15.5. The van der Waals surface area contributed by atoms with Gasteiger partial charge in [-0.2, -0.15) is 4.31 Å². The number of guanidine groups is 1. The van der Waals surface area contributed by atoms with Gasteiger partial charge in [0.25, 0.3) is 0 Å². The van der Waals surface area contributed by atoms with Gasteiger partial charge < -0.3 is 19.1 Å². The lowest BCUT2D eigenvalue weighted by Crippen LogP contribution is -2.69. The van der Waals surface area contributed by atoms with Crippen LogP contribution in [-0.4, -0.2) is 97.3 Å². The molecule has 17 heteroatoms. The zero-order chi connectivity index (χ0) is 41.6. The first kappa shape index (κ1) is 42.0. The molecule has 59 heavy (non-hydrogen) atoms. The molecule has 0 radical (unpaired) electrons. The van der Waals surface area contributed by atoms with Crippen LogP contribution in [0.4, 0.5) is 14.4 Å². The number of esters is 1. The number of carbonyl (C=O) groups is 5. The quantitative estimate of drug-likeness (QED) is 0.0478. The Bertz CT molecular complexity index is 2150. The molecule has 2 aliphatic heterocycles. The summed E-state index contributed by atoms with van der Waals surface area (Å²) in [5, 5.41) is 4.83. The van der Waals surface area contributed by atoms with Gasteiger partial charge in [-0.3, -0.25) is 20.4 Å². The van der Waals surface area contributed by atoms with Crippen molar-refractivity contribution in [2.75, 3.05) is 32.7 Å². The topological polar surface area (TPSA) is 193 Å². The van der Waals surface area contributed by atoms with Crippen molar-refractivity contribution in [3.63, 3.8) is 0 Å². The van der Waals surface area contributed by atoms with E-state index in [1.807, 2.05) is 18.2 Å². The average molecular weight is 825 g/mol. The number of alkyl carbamates (subject to hydrolysis) is 2. The number of piperazine rings is 1. The van der Waals surface area contributed by atoms with E-state index in [4.69, 9.17) is 14.2 Å². The molecule has 0 bridgehead atoms. The molecule has 308 valence electrons. The van der Waals surface area contributed by atoms with Crippen molar-refractivity contribution in [2.45, 2.75) is 43.6 Å². The number of likely N-dealkylation sites (tertiary alicyclic amines) is 1. The number of amides is 5. The summed E-state index contributed by atoms with van der Waals surface area (Å²) in [5.41, 5.74) is 2.19. The number of rotatable bonds is 13. The Kier molecular flexibility index (Phi) is 14.4. The summed E-state index contributed by atoms with van der Waals surface area (Å²) >= 11 is 0. The molecular weight excluding hydrogens is 781 g/mol. The minimum absolute atomic E-state index is 0.000445. The fourth-order valence-electron chi connectivity index (χ4n) is 6.46. The van der Waals surface area contributed by atoms with E-state index in [2.05, 4.69) is 15.6 Å². The predicted octanol–water partition coefficient (Wildman–Crippen LogP) is 4.67. The number of carbonyl (C=O) groups excluding carboxylic acids is 5. The number of hydrogen-bond acceptors (Lipinski definition) is 11. The highest BCUT2D eigenvalue weighted by Crippen LogP contribution is 2.33. The molecule has 0 saturated carbocycles. The maximum Gasteiger partial charge on any atom is 0.414 e. The van der Waals surface area contributed by atoms with Crippen LogP contribution >= 0.6 is 0 Å². The molecule has 2 atom stereocenters. The molecule has 0 spiro atoms. The molecule has 2 heterocycles. The molecule has 2 saturated heterocycles. The van der Waals surface area contributed by atoms with Gasteiger partial charge in [-0.15, -0.1) is 0 Å². The molecule has 5 amide bonds. The predicted molar refractivity (Wildman–Crippen MR) is 214 cm³/mol. The lowest BCUT2D eigenvalue weighted by Gasteiger charge is -2.46. The third-order valence-corrected chi connectivity index (χ3v) is 11.5. The monoisotopic (exact) mass is 824 g/mol. The summed E-state index contributed by atoms with van der Waals surface area (Å²) in [4.78, 5) is 73.1. The first-order valence-corrected chi connectivity index (χ1v) is 20.4.